The topological polar surface area (TPSA) is 116 Å². The largest absolute Gasteiger partial charge is 0.351 e. The highest BCUT2D eigenvalue weighted by Gasteiger charge is 2.48. The molecule has 1 aromatic carbocycles. The lowest BCUT2D eigenvalue weighted by atomic mass is 9.92. The molecule has 1 unspecified atom stereocenters. The summed E-state index contributed by atoms with van der Waals surface area (Å²) in [6.45, 7) is 8.34. The molecule has 0 aromatic heterocycles. The molecule has 3 N–H and O–H groups in total. The van der Waals surface area contributed by atoms with Crippen molar-refractivity contribution in [1.29, 1.82) is 0 Å². The summed E-state index contributed by atoms with van der Waals surface area (Å²) in [4.78, 5) is 53.4. The van der Waals surface area contributed by atoms with Gasteiger partial charge in [0.15, 0.2) is 0 Å². The fraction of sp³-hybridized carbons (Fsp3) is 0.524. The molecule has 2 aliphatic rings. The normalized spacial score (nSPS) is 19.0. The zero-order chi connectivity index (χ0) is 22.2. The molecule has 2 saturated heterocycles. The first-order chi connectivity index (χ1) is 14.1. The summed E-state index contributed by atoms with van der Waals surface area (Å²) in [5.41, 5.74) is 8.05. The molecule has 0 aliphatic carbocycles. The number of amides is 6. The molecule has 0 radical (unpaired) electrons. The van der Waals surface area contributed by atoms with Crippen LogP contribution in [0.3, 0.4) is 0 Å². The van der Waals surface area contributed by atoms with Crippen molar-refractivity contribution < 1.29 is 19.2 Å². The number of urea groups is 2. The van der Waals surface area contributed by atoms with E-state index in [-0.39, 0.29) is 38.0 Å². The van der Waals surface area contributed by atoms with Crippen LogP contribution in [0.15, 0.2) is 18.2 Å². The Balaban J connectivity index is 1.77. The smallest absolute Gasteiger partial charge is 0.328 e. The van der Waals surface area contributed by atoms with Crippen molar-refractivity contribution in [3.8, 4) is 0 Å². The second kappa shape index (κ2) is 8.33. The number of para-hydroxylation sites is 1. The summed E-state index contributed by atoms with van der Waals surface area (Å²) in [7, 11) is 0. The lowest BCUT2D eigenvalue weighted by Crippen LogP contribution is -2.55. The van der Waals surface area contributed by atoms with E-state index in [0.717, 1.165) is 21.7 Å². The molecule has 2 aliphatic heterocycles. The van der Waals surface area contributed by atoms with Crippen molar-refractivity contribution >= 4 is 29.6 Å². The second-order valence-electron chi connectivity index (χ2n) is 8.37. The average Bonchev–Trinajstić information content (AvgIpc) is 2.92. The minimum absolute atomic E-state index is 0.0473. The molecule has 1 aromatic rings. The van der Waals surface area contributed by atoms with Gasteiger partial charge in [-0.3, -0.25) is 14.5 Å². The Labute approximate surface area is 176 Å². The van der Waals surface area contributed by atoms with E-state index in [0.29, 0.717) is 0 Å². The number of nitrogens with one attached hydrogen (secondary N) is 1. The van der Waals surface area contributed by atoms with E-state index in [2.05, 4.69) is 5.32 Å². The van der Waals surface area contributed by atoms with Gasteiger partial charge in [-0.25, -0.2) is 9.59 Å². The van der Waals surface area contributed by atoms with Crippen LogP contribution in [-0.2, 0) is 9.59 Å². The first-order valence-corrected chi connectivity index (χ1v) is 10.2. The minimum Gasteiger partial charge on any atom is -0.351 e. The highest BCUT2D eigenvalue weighted by atomic mass is 16.2. The van der Waals surface area contributed by atoms with Crippen LogP contribution >= 0.6 is 0 Å². The Kier molecular flexibility index (Phi) is 6.00. The molecular weight excluding hydrogens is 386 g/mol. The number of anilines is 1. The van der Waals surface area contributed by atoms with E-state index < -0.39 is 29.9 Å². The van der Waals surface area contributed by atoms with E-state index in [1.807, 2.05) is 45.9 Å². The van der Waals surface area contributed by atoms with Crippen LogP contribution < -0.4 is 11.1 Å². The molecule has 2 fully saturated rings. The molecule has 0 spiro atoms. The van der Waals surface area contributed by atoms with Gasteiger partial charge in [0.1, 0.15) is 12.6 Å². The van der Waals surface area contributed by atoms with Crippen molar-refractivity contribution in [1.82, 2.24) is 14.7 Å². The number of imide groups is 1. The number of fused-ring (bicyclic) bond motifs is 1. The van der Waals surface area contributed by atoms with Crippen molar-refractivity contribution in [2.75, 3.05) is 31.5 Å². The van der Waals surface area contributed by atoms with Crippen LogP contribution in [-0.4, -0.2) is 70.8 Å². The molecule has 0 saturated carbocycles. The number of nitrogens with zero attached hydrogens (tertiary/aromatic N) is 3. The number of piperazine rings is 1. The van der Waals surface area contributed by atoms with Crippen LogP contribution in [0.4, 0.5) is 15.3 Å². The summed E-state index contributed by atoms with van der Waals surface area (Å²) >= 11 is 0. The van der Waals surface area contributed by atoms with Gasteiger partial charge >= 0.3 is 12.1 Å². The maximum atomic E-state index is 12.8. The maximum Gasteiger partial charge on any atom is 0.328 e. The van der Waals surface area contributed by atoms with E-state index in [4.69, 9.17) is 5.73 Å². The van der Waals surface area contributed by atoms with E-state index in [1.165, 1.54) is 9.80 Å². The van der Waals surface area contributed by atoms with Crippen LogP contribution in [0.1, 0.15) is 50.7 Å². The van der Waals surface area contributed by atoms with E-state index >= 15 is 0 Å². The lowest BCUT2D eigenvalue weighted by molar-refractivity contribution is -0.131. The molecule has 3 rings (SSSR count). The summed E-state index contributed by atoms with van der Waals surface area (Å²) in [6, 6.07) is 3.98. The SMILES string of the molecule is CC(C)c1cccc(C(C)C)c1NC(=O)CN1C(=O)C2CN(C(N)=O)CCN2C1=O. The van der Waals surface area contributed by atoms with Crippen LogP contribution in [0.2, 0.25) is 0 Å². The number of carbonyl (C=O) groups is 4. The highest BCUT2D eigenvalue weighted by Crippen LogP contribution is 2.32. The molecule has 30 heavy (non-hydrogen) atoms. The van der Waals surface area contributed by atoms with Gasteiger partial charge in [-0.1, -0.05) is 45.9 Å². The van der Waals surface area contributed by atoms with Gasteiger partial charge < -0.3 is 20.9 Å². The summed E-state index contributed by atoms with van der Waals surface area (Å²) in [5, 5.41) is 2.93. The highest BCUT2D eigenvalue weighted by molar-refractivity contribution is 6.08. The zero-order valence-corrected chi connectivity index (χ0v) is 17.8. The molecule has 0 bridgehead atoms. The predicted molar refractivity (Wildman–Crippen MR) is 112 cm³/mol. The lowest BCUT2D eigenvalue weighted by Gasteiger charge is -2.34. The fourth-order valence-corrected chi connectivity index (χ4v) is 4.02. The molecule has 6 amide bonds. The molecule has 1 atom stereocenters. The first kappa shape index (κ1) is 21.6. The van der Waals surface area contributed by atoms with Gasteiger partial charge in [-0.2, -0.15) is 0 Å². The Bertz CT molecular complexity index is 856. The number of hydrogen-bond donors (Lipinski definition) is 2. The van der Waals surface area contributed by atoms with Gasteiger partial charge in [0, 0.05) is 18.8 Å². The molecule has 162 valence electrons. The third kappa shape index (κ3) is 3.96. The summed E-state index contributed by atoms with van der Waals surface area (Å²) < 4.78 is 0. The van der Waals surface area contributed by atoms with Gasteiger partial charge in [-0.15, -0.1) is 0 Å². The average molecular weight is 415 g/mol. The van der Waals surface area contributed by atoms with Crippen LogP contribution in [0, 0.1) is 0 Å². The Morgan fingerprint density at radius 2 is 1.70 bits per heavy atom. The van der Waals surface area contributed by atoms with Gasteiger partial charge in [0.25, 0.3) is 5.91 Å². The maximum absolute atomic E-state index is 12.8. The Morgan fingerprint density at radius 1 is 1.10 bits per heavy atom. The number of nitrogens with two attached hydrogens (primary N) is 1. The third-order valence-corrected chi connectivity index (χ3v) is 5.66. The van der Waals surface area contributed by atoms with Crippen molar-refractivity contribution in [3.63, 3.8) is 0 Å². The van der Waals surface area contributed by atoms with Crippen molar-refractivity contribution in [3.05, 3.63) is 29.3 Å². The second-order valence-corrected chi connectivity index (χ2v) is 8.37. The zero-order valence-electron chi connectivity index (χ0n) is 17.8. The monoisotopic (exact) mass is 415 g/mol. The molecule has 2 heterocycles. The quantitative estimate of drug-likeness (QED) is 0.715. The van der Waals surface area contributed by atoms with Crippen LogP contribution in [0.25, 0.3) is 0 Å². The fourth-order valence-electron chi connectivity index (χ4n) is 4.02. The first-order valence-electron chi connectivity index (χ1n) is 10.2. The Hall–Kier alpha value is -3.10. The number of hydrogen-bond acceptors (Lipinski definition) is 4. The molecular formula is C21H29N5O4. The summed E-state index contributed by atoms with van der Waals surface area (Å²) in [6.07, 6.45) is 0. The summed E-state index contributed by atoms with van der Waals surface area (Å²) in [5.74, 6) is -0.522. The van der Waals surface area contributed by atoms with Crippen molar-refractivity contribution in [2.45, 2.75) is 45.6 Å². The van der Waals surface area contributed by atoms with Gasteiger partial charge in [0.05, 0.1) is 6.54 Å². The van der Waals surface area contributed by atoms with E-state index in [9.17, 15) is 19.2 Å². The molecule has 9 heteroatoms. The number of carbonyl (C=O) groups excluding carboxylic acids is 4. The number of rotatable bonds is 5. The number of benzene rings is 1. The number of primary amides is 1. The predicted octanol–water partition coefficient (Wildman–Crippen LogP) is 1.90. The standard InChI is InChI=1S/C21H29N5O4/c1-12(2)14-6-5-7-15(13(3)4)18(14)23-17(27)11-26-19(28)16-10-24(20(22)29)8-9-25(16)21(26)30/h5-7,12-13,16H,8-11H2,1-4H3,(H2,22,29)(H,23,27). The van der Waals surface area contributed by atoms with Gasteiger partial charge in [0.2, 0.25) is 5.91 Å². The minimum atomic E-state index is -0.791. The van der Waals surface area contributed by atoms with E-state index in [1.54, 1.807) is 0 Å². The van der Waals surface area contributed by atoms with Crippen LogP contribution in [0.5, 0.6) is 0 Å². The molecule has 9 nitrogen and oxygen atoms in total. The van der Waals surface area contributed by atoms with Gasteiger partial charge in [-0.05, 0) is 23.0 Å². The van der Waals surface area contributed by atoms with Crippen molar-refractivity contribution in [2.24, 2.45) is 5.73 Å². The third-order valence-electron chi connectivity index (χ3n) is 5.66. The Morgan fingerprint density at radius 3 is 2.23 bits per heavy atom.